The predicted octanol–water partition coefficient (Wildman–Crippen LogP) is 38.2. The lowest BCUT2D eigenvalue weighted by Crippen LogP contribution is -2.15. The lowest BCUT2D eigenvalue weighted by Gasteiger charge is -2.22. The smallest absolute Gasteiger partial charge is 0.0544 e. The highest BCUT2D eigenvalue weighted by Gasteiger charge is 2.43. The Morgan fingerprint density at radius 2 is 0.455 bits per heavy atom. The van der Waals surface area contributed by atoms with Crippen LogP contribution in [-0.4, -0.2) is 13.7 Å². The Bertz CT molecular complexity index is 10300. The Labute approximate surface area is 832 Å². The number of hydrogen-bond donors (Lipinski definition) is 0. The minimum Gasteiger partial charge on any atom is -0.309 e. The van der Waals surface area contributed by atoms with Crippen LogP contribution in [0.2, 0.25) is 0 Å². The van der Waals surface area contributed by atoms with E-state index in [-0.39, 0.29) is 16.2 Å². The van der Waals surface area contributed by atoms with E-state index in [9.17, 15) is 0 Å². The summed E-state index contributed by atoms with van der Waals surface area (Å²) in [5, 5.41) is 21.3. The zero-order valence-electron chi connectivity index (χ0n) is 79.9. The molecule has 0 radical (unpaired) electrons. The van der Waals surface area contributed by atoms with Crippen molar-refractivity contribution in [1.82, 2.24) is 13.7 Å². The van der Waals surface area contributed by atoms with Gasteiger partial charge >= 0.3 is 0 Å². The van der Waals surface area contributed by atoms with E-state index in [2.05, 4.69) is 498 Å². The third kappa shape index (κ3) is 11.0. The van der Waals surface area contributed by atoms with Gasteiger partial charge in [0.2, 0.25) is 0 Å². The van der Waals surface area contributed by atoms with Gasteiger partial charge < -0.3 is 13.7 Å². The van der Waals surface area contributed by atoms with Crippen molar-refractivity contribution < 1.29 is 0 Å². The molecule has 0 saturated carbocycles. The minimum atomic E-state index is -0.0955. The Morgan fingerprint density at radius 3 is 0.902 bits per heavy atom. The third-order valence-corrected chi connectivity index (χ3v) is 34.7. The largest absolute Gasteiger partial charge is 0.309 e. The summed E-state index contributed by atoms with van der Waals surface area (Å²) in [6.07, 6.45) is 0. The second-order valence-electron chi connectivity index (χ2n) is 41.7. The van der Waals surface area contributed by atoms with Crippen molar-refractivity contribution in [1.29, 1.82) is 0 Å². The molecule has 0 bridgehead atoms. The number of thiophene rings is 1. The number of hydrogen-bond acceptors (Lipinski definition) is 1. The summed E-state index contributed by atoms with van der Waals surface area (Å²) in [5.74, 6) is 0. The Balaban J connectivity index is 0.0000000984. The van der Waals surface area contributed by atoms with E-state index in [1.807, 2.05) is 11.3 Å². The van der Waals surface area contributed by atoms with Gasteiger partial charge in [-0.1, -0.05) is 399 Å². The van der Waals surface area contributed by atoms with Crippen LogP contribution in [0.5, 0.6) is 0 Å². The van der Waals surface area contributed by atoms with Gasteiger partial charge in [-0.25, -0.2) is 0 Å². The SMILES string of the molecule is CC1(C)c2ccccc2-c2ccc3c(c21)c1ccccc1n3-c1ccc(-c2ccc3c4c(cccc24)-c2ccccc2-3)c2ccccc12.CC1(C)c2ccccc2-c2ccc3c(c21)c1ccccc1n3-c1ccc2sc3ccc(-c4ccc5c6c(cccc46)-c4ccccc4-5)cc3c2c1.CC1(C)c2ccccc2-c2ccc3c(c21)c1ccccc1n3-c1cccc(-c2ccc3c4c(cccc24)-c2ccccc2-3)c1. The van der Waals surface area contributed by atoms with Gasteiger partial charge in [0.15, 0.2) is 0 Å². The molecule has 0 spiro atoms. The van der Waals surface area contributed by atoms with E-state index in [0.717, 1.165) is 0 Å². The minimum absolute atomic E-state index is 0.0789. The van der Waals surface area contributed by atoms with Crippen molar-refractivity contribution in [3.8, 4) is 151 Å². The molecule has 0 fully saturated rings. The van der Waals surface area contributed by atoms with Crippen molar-refractivity contribution in [2.45, 2.75) is 57.8 Å². The van der Waals surface area contributed by atoms with Crippen LogP contribution in [0.4, 0.5) is 0 Å². The maximum Gasteiger partial charge on any atom is 0.0544 e. The van der Waals surface area contributed by atoms with Crippen LogP contribution in [0, 0.1) is 0 Å². The maximum atomic E-state index is 2.51. The zero-order chi connectivity index (χ0) is 94.5. The fraction of sp³-hybridized carbons (Fsp3) is 0.0647. The standard InChI is InChI=1S/C49H31NS.C47H31N.C43H29N/c1-49(2)41-16-7-5-12-33(41)37-22-23-43-47(48(37)49)38-13-6-8-17-42(38)50(43)29-19-25-45-40(27-29)39-26-28(18-24-44(39)51-45)30-20-21-36-32-11-4-3-10-31(32)35-15-9-14-34(30)46(35)36;1-47(2)40-20-9-7-15-33(40)38-25-27-43-45(46(38)47)39-17-8-10-21-41(39)48(43)42-26-24-31(28-12-5-6-16-34(28)42)32-22-23-37-30-14-4-3-13-29(30)35-18-11-19-36(32)44(35)37;1-43(2)37-19-7-5-15-31(37)35-23-24-39-41(42(35)43)36-16-6-8-20-38(36)44(39)27-12-9-11-26(25-27)28-21-22-34-30-14-4-3-13-29(30)33-18-10-17-32(28)40(33)34/h3-27H,1-2H3;3-27H,1-2H3;3-25H,1-2H3. The quantitative estimate of drug-likeness (QED) is 0.158. The van der Waals surface area contributed by atoms with E-state index in [1.54, 1.807) is 0 Å². The highest BCUT2D eigenvalue weighted by molar-refractivity contribution is 7.25. The molecule has 6 aliphatic carbocycles. The topological polar surface area (TPSA) is 14.8 Å². The first kappa shape index (κ1) is 80.6. The predicted molar refractivity (Wildman–Crippen MR) is 608 cm³/mol. The molecule has 33 rings (SSSR count). The van der Waals surface area contributed by atoms with E-state index >= 15 is 0 Å². The van der Waals surface area contributed by atoms with Gasteiger partial charge in [0, 0.05) is 85.5 Å². The number of nitrogens with zero attached hydrogens (tertiary/aromatic N) is 3. The van der Waals surface area contributed by atoms with Crippen molar-refractivity contribution in [3.05, 3.63) is 476 Å². The second kappa shape index (κ2) is 29.4. The Morgan fingerprint density at radius 1 is 0.161 bits per heavy atom. The number of benzene rings is 23. The zero-order valence-corrected chi connectivity index (χ0v) is 80.7. The summed E-state index contributed by atoms with van der Waals surface area (Å²) >= 11 is 1.89. The number of aromatic nitrogens is 3. The molecule has 0 aliphatic heterocycles. The summed E-state index contributed by atoms with van der Waals surface area (Å²) in [5.41, 5.74) is 51.3. The summed E-state index contributed by atoms with van der Waals surface area (Å²) in [6, 6.07) is 166. The van der Waals surface area contributed by atoms with Crippen LogP contribution in [0.1, 0.15) is 74.9 Å². The van der Waals surface area contributed by atoms with Crippen molar-refractivity contribution in [3.63, 3.8) is 0 Å². The van der Waals surface area contributed by atoms with Crippen molar-refractivity contribution in [2.75, 3.05) is 0 Å². The average molecular weight is 1840 g/mol. The first-order valence-electron chi connectivity index (χ1n) is 50.3. The molecule has 0 unspecified atom stereocenters. The van der Waals surface area contributed by atoms with Gasteiger partial charge in [-0.2, -0.15) is 0 Å². The van der Waals surface area contributed by atoms with Crippen molar-refractivity contribution >= 4 is 140 Å². The highest BCUT2D eigenvalue weighted by atomic mass is 32.1. The van der Waals surface area contributed by atoms with E-state index in [1.165, 1.54) is 313 Å². The first-order chi connectivity index (χ1) is 70.3. The number of rotatable bonds is 6. The molecule has 4 heterocycles. The lowest BCUT2D eigenvalue weighted by molar-refractivity contribution is 0.666. The van der Waals surface area contributed by atoms with Gasteiger partial charge in [0.25, 0.3) is 0 Å². The van der Waals surface area contributed by atoms with Gasteiger partial charge in [0.1, 0.15) is 0 Å². The molecule has 6 aliphatic rings. The molecule has 0 saturated heterocycles. The average Bonchev–Trinajstić information content (AvgIpc) is 1.54. The summed E-state index contributed by atoms with van der Waals surface area (Å²) < 4.78 is 10.1. The van der Waals surface area contributed by atoms with Crippen LogP contribution >= 0.6 is 11.3 Å². The molecule has 668 valence electrons. The second-order valence-corrected chi connectivity index (χ2v) is 42.8. The molecule has 143 heavy (non-hydrogen) atoms. The maximum absolute atomic E-state index is 2.51. The van der Waals surface area contributed by atoms with Gasteiger partial charge in [0.05, 0.1) is 38.8 Å². The lowest BCUT2D eigenvalue weighted by atomic mass is 9.80. The van der Waals surface area contributed by atoms with Crippen LogP contribution in [0.25, 0.3) is 279 Å². The normalized spacial score (nSPS) is 13.8. The van der Waals surface area contributed by atoms with E-state index in [0.29, 0.717) is 0 Å². The fourth-order valence-corrected chi connectivity index (χ4v) is 28.6. The monoisotopic (exact) mass is 1830 g/mol. The summed E-state index contributed by atoms with van der Waals surface area (Å²) in [4.78, 5) is 0. The molecule has 4 aromatic heterocycles. The first-order valence-corrected chi connectivity index (χ1v) is 51.2. The molecule has 27 aromatic rings. The molecule has 3 nitrogen and oxygen atoms in total. The fourth-order valence-electron chi connectivity index (χ4n) is 27.6. The highest BCUT2D eigenvalue weighted by Crippen LogP contribution is 2.61. The molecular formula is C139H91N3S. The molecule has 4 heteroatoms. The van der Waals surface area contributed by atoms with E-state index in [4.69, 9.17) is 0 Å². The molecule has 0 amide bonds. The molecule has 0 atom stereocenters. The Kier molecular flexibility index (Phi) is 16.6. The summed E-state index contributed by atoms with van der Waals surface area (Å²) in [6.45, 7) is 14.3. The van der Waals surface area contributed by atoms with Crippen LogP contribution in [0.3, 0.4) is 0 Å². The molecule has 0 N–H and O–H groups in total. The third-order valence-electron chi connectivity index (χ3n) is 33.6. The van der Waals surface area contributed by atoms with Gasteiger partial charge in [-0.05, 0) is 290 Å². The van der Waals surface area contributed by atoms with Crippen LogP contribution in [-0.2, 0) is 16.2 Å². The molecule has 23 aromatic carbocycles. The van der Waals surface area contributed by atoms with E-state index < -0.39 is 0 Å². The van der Waals surface area contributed by atoms with Crippen LogP contribution < -0.4 is 0 Å². The number of para-hydroxylation sites is 3. The van der Waals surface area contributed by atoms with Gasteiger partial charge in [-0.3, -0.25) is 0 Å². The number of fused-ring (bicyclic) bond motifs is 34. The Hall–Kier alpha value is -17.3. The van der Waals surface area contributed by atoms with Crippen LogP contribution in [0.15, 0.2) is 443 Å². The van der Waals surface area contributed by atoms with Crippen molar-refractivity contribution in [2.24, 2.45) is 0 Å². The van der Waals surface area contributed by atoms with Gasteiger partial charge in [-0.15, -0.1) is 11.3 Å². The summed E-state index contributed by atoms with van der Waals surface area (Å²) in [7, 11) is 0. The molecular weight excluding hydrogens is 1740 g/mol.